The summed E-state index contributed by atoms with van der Waals surface area (Å²) < 4.78 is 18.8. The molecule has 2 aromatic rings. The standard InChI is InChI=1S/C21H24FN3O3/c1-28-21(8-10-23-11-9-21)20(27)24-14-15-4-2-7-18(12-15)25-19(26)16-5-3-6-17(22)13-16/h2-7,12-13,23H,8-11,14H2,1H3,(H,24,27)(H,25,26). The molecule has 0 radical (unpaired) electrons. The van der Waals surface area contributed by atoms with Crippen molar-refractivity contribution in [3.8, 4) is 0 Å². The number of halogens is 1. The average molecular weight is 385 g/mol. The van der Waals surface area contributed by atoms with Gasteiger partial charge >= 0.3 is 0 Å². The third-order valence-electron chi connectivity index (χ3n) is 4.94. The molecule has 148 valence electrons. The van der Waals surface area contributed by atoms with Gasteiger partial charge < -0.3 is 20.7 Å². The number of carbonyl (C=O) groups is 2. The van der Waals surface area contributed by atoms with Crippen molar-refractivity contribution in [3.63, 3.8) is 0 Å². The number of nitrogens with one attached hydrogen (secondary N) is 3. The monoisotopic (exact) mass is 385 g/mol. The van der Waals surface area contributed by atoms with Crippen molar-refractivity contribution < 1.29 is 18.7 Å². The predicted molar refractivity (Wildman–Crippen MR) is 104 cm³/mol. The van der Waals surface area contributed by atoms with Gasteiger partial charge in [0.05, 0.1) is 0 Å². The third kappa shape index (κ3) is 4.74. The zero-order valence-electron chi connectivity index (χ0n) is 15.8. The van der Waals surface area contributed by atoms with Crippen LogP contribution in [-0.4, -0.2) is 37.6 Å². The normalized spacial score (nSPS) is 15.6. The molecule has 7 heteroatoms. The number of amides is 2. The number of piperidine rings is 1. The van der Waals surface area contributed by atoms with E-state index in [1.165, 1.54) is 18.2 Å². The number of methoxy groups -OCH3 is 1. The molecule has 6 nitrogen and oxygen atoms in total. The minimum absolute atomic E-state index is 0.134. The molecule has 0 unspecified atom stereocenters. The molecular weight excluding hydrogens is 361 g/mol. The van der Waals surface area contributed by atoms with Crippen LogP contribution in [-0.2, 0) is 16.1 Å². The van der Waals surface area contributed by atoms with Crippen LogP contribution in [0.15, 0.2) is 48.5 Å². The maximum Gasteiger partial charge on any atom is 0.255 e. The highest BCUT2D eigenvalue weighted by Crippen LogP contribution is 2.23. The summed E-state index contributed by atoms with van der Waals surface area (Å²) in [6.45, 7) is 1.80. The first kappa shape index (κ1) is 20.0. The Kier molecular flexibility index (Phi) is 6.38. The van der Waals surface area contributed by atoms with Crippen LogP contribution in [0, 0.1) is 5.82 Å². The van der Waals surface area contributed by atoms with Crippen LogP contribution < -0.4 is 16.0 Å². The van der Waals surface area contributed by atoms with Gasteiger partial charge in [-0.05, 0) is 61.8 Å². The largest absolute Gasteiger partial charge is 0.368 e. The number of anilines is 1. The summed E-state index contributed by atoms with van der Waals surface area (Å²) in [5, 5.41) is 8.89. The van der Waals surface area contributed by atoms with Crippen LogP contribution in [0.1, 0.15) is 28.8 Å². The SMILES string of the molecule is COC1(C(=O)NCc2cccc(NC(=O)c3cccc(F)c3)c2)CCNCC1. The molecule has 1 aliphatic heterocycles. The van der Waals surface area contributed by atoms with Crippen molar-refractivity contribution in [2.75, 3.05) is 25.5 Å². The third-order valence-corrected chi connectivity index (χ3v) is 4.94. The fourth-order valence-electron chi connectivity index (χ4n) is 3.29. The van der Waals surface area contributed by atoms with Gasteiger partial charge in [-0.25, -0.2) is 4.39 Å². The smallest absolute Gasteiger partial charge is 0.255 e. The minimum atomic E-state index is -0.797. The van der Waals surface area contributed by atoms with Crippen molar-refractivity contribution in [1.29, 1.82) is 0 Å². The molecule has 2 aromatic carbocycles. The van der Waals surface area contributed by atoms with Gasteiger partial charge in [0.25, 0.3) is 11.8 Å². The summed E-state index contributed by atoms with van der Waals surface area (Å²) in [5.74, 6) is -0.992. The summed E-state index contributed by atoms with van der Waals surface area (Å²) >= 11 is 0. The van der Waals surface area contributed by atoms with Crippen LogP contribution in [0.2, 0.25) is 0 Å². The quantitative estimate of drug-likeness (QED) is 0.714. The number of carbonyl (C=O) groups excluding carboxylic acids is 2. The van der Waals surface area contributed by atoms with E-state index >= 15 is 0 Å². The minimum Gasteiger partial charge on any atom is -0.368 e. The lowest BCUT2D eigenvalue weighted by molar-refractivity contribution is -0.146. The van der Waals surface area contributed by atoms with Crippen molar-refractivity contribution in [1.82, 2.24) is 10.6 Å². The van der Waals surface area contributed by atoms with Crippen LogP contribution in [0.4, 0.5) is 10.1 Å². The molecular formula is C21H24FN3O3. The number of hydrogen-bond donors (Lipinski definition) is 3. The summed E-state index contributed by atoms with van der Waals surface area (Å²) in [5.41, 5.74) is 0.857. The van der Waals surface area contributed by atoms with Crippen molar-refractivity contribution in [2.24, 2.45) is 0 Å². The van der Waals surface area contributed by atoms with Crippen LogP contribution >= 0.6 is 0 Å². The first-order valence-electron chi connectivity index (χ1n) is 9.22. The van der Waals surface area contributed by atoms with Gasteiger partial charge in [-0.2, -0.15) is 0 Å². The summed E-state index contributed by atoms with van der Waals surface area (Å²) in [6, 6.07) is 12.7. The average Bonchev–Trinajstić information content (AvgIpc) is 2.72. The van der Waals surface area contributed by atoms with Gasteiger partial charge in [0.15, 0.2) is 0 Å². The first-order chi connectivity index (χ1) is 13.5. The van der Waals surface area contributed by atoms with Gasteiger partial charge in [-0.1, -0.05) is 18.2 Å². The van der Waals surface area contributed by atoms with Crippen LogP contribution in [0.3, 0.4) is 0 Å². The van der Waals surface area contributed by atoms with Crippen molar-refractivity contribution >= 4 is 17.5 Å². The molecule has 1 aliphatic rings. The molecule has 0 aromatic heterocycles. The van der Waals surface area contributed by atoms with E-state index in [0.29, 0.717) is 25.1 Å². The molecule has 1 heterocycles. The number of ether oxygens (including phenoxy) is 1. The second-order valence-corrected chi connectivity index (χ2v) is 6.80. The lowest BCUT2D eigenvalue weighted by atomic mass is 9.91. The van der Waals surface area contributed by atoms with E-state index in [2.05, 4.69) is 16.0 Å². The first-order valence-corrected chi connectivity index (χ1v) is 9.22. The Bertz CT molecular complexity index is 850. The highest BCUT2D eigenvalue weighted by atomic mass is 19.1. The Morgan fingerprint density at radius 3 is 2.61 bits per heavy atom. The Hall–Kier alpha value is -2.77. The van der Waals surface area contributed by atoms with Gasteiger partial charge in [0.2, 0.25) is 0 Å². The van der Waals surface area contributed by atoms with E-state index in [9.17, 15) is 14.0 Å². The Morgan fingerprint density at radius 2 is 1.89 bits per heavy atom. The van der Waals surface area contributed by atoms with Crippen LogP contribution in [0.5, 0.6) is 0 Å². The molecule has 1 saturated heterocycles. The molecule has 3 N–H and O–H groups in total. The fraction of sp³-hybridized carbons (Fsp3) is 0.333. The molecule has 28 heavy (non-hydrogen) atoms. The van der Waals surface area contributed by atoms with Gasteiger partial charge in [-0.3, -0.25) is 9.59 Å². The van der Waals surface area contributed by atoms with E-state index in [4.69, 9.17) is 4.74 Å². The molecule has 0 spiro atoms. The van der Waals surface area contributed by atoms with Crippen LogP contribution in [0.25, 0.3) is 0 Å². The van der Waals surface area contributed by atoms with Gasteiger partial charge in [-0.15, -0.1) is 0 Å². The molecule has 2 amide bonds. The zero-order valence-corrected chi connectivity index (χ0v) is 15.8. The number of benzene rings is 2. The Labute approximate surface area is 163 Å². The van der Waals surface area contributed by atoms with E-state index in [1.807, 2.05) is 6.07 Å². The zero-order chi connectivity index (χ0) is 20.0. The molecule has 0 bridgehead atoms. The highest BCUT2D eigenvalue weighted by Gasteiger charge is 2.39. The number of rotatable bonds is 6. The molecule has 3 rings (SSSR count). The molecule has 0 aliphatic carbocycles. The lowest BCUT2D eigenvalue weighted by Crippen LogP contribution is -2.53. The molecule has 0 saturated carbocycles. The molecule has 0 atom stereocenters. The van der Waals surface area contributed by atoms with Crippen molar-refractivity contribution in [2.45, 2.75) is 25.0 Å². The lowest BCUT2D eigenvalue weighted by Gasteiger charge is -2.34. The van der Waals surface area contributed by atoms with Gasteiger partial charge in [0, 0.05) is 24.9 Å². The van der Waals surface area contributed by atoms with E-state index in [-0.39, 0.29) is 11.5 Å². The topological polar surface area (TPSA) is 79.5 Å². The van der Waals surface area contributed by atoms with Gasteiger partial charge in [0.1, 0.15) is 11.4 Å². The van der Waals surface area contributed by atoms with E-state index in [0.717, 1.165) is 18.7 Å². The van der Waals surface area contributed by atoms with Crippen molar-refractivity contribution in [3.05, 3.63) is 65.5 Å². The maximum atomic E-state index is 13.3. The predicted octanol–water partition coefficient (Wildman–Crippen LogP) is 2.46. The summed E-state index contributed by atoms with van der Waals surface area (Å²) in [4.78, 5) is 24.9. The number of hydrogen-bond acceptors (Lipinski definition) is 4. The van der Waals surface area contributed by atoms with E-state index < -0.39 is 17.3 Å². The fourth-order valence-corrected chi connectivity index (χ4v) is 3.29. The molecule has 1 fully saturated rings. The summed E-state index contributed by atoms with van der Waals surface area (Å²) in [6.07, 6.45) is 1.25. The maximum absolute atomic E-state index is 13.3. The summed E-state index contributed by atoms with van der Waals surface area (Å²) in [7, 11) is 1.56. The second kappa shape index (κ2) is 8.95. The Balaban J connectivity index is 1.61. The second-order valence-electron chi connectivity index (χ2n) is 6.80. The Morgan fingerprint density at radius 1 is 1.14 bits per heavy atom. The van der Waals surface area contributed by atoms with E-state index in [1.54, 1.807) is 31.4 Å². The highest BCUT2D eigenvalue weighted by molar-refractivity contribution is 6.04.